The van der Waals surface area contributed by atoms with Gasteiger partial charge in [0.15, 0.2) is 5.82 Å². The van der Waals surface area contributed by atoms with Crippen LogP contribution in [0.15, 0.2) is 84.0 Å². The Hall–Kier alpha value is -3.65. The normalized spacial score (nSPS) is 17.3. The summed E-state index contributed by atoms with van der Waals surface area (Å²) >= 11 is 1.31. The molecule has 8 heteroatoms. The highest BCUT2D eigenvalue weighted by atomic mass is 32.2. The van der Waals surface area contributed by atoms with E-state index in [1.54, 1.807) is 18.2 Å². The highest BCUT2D eigenvalue weighted by Gasteiger charge is 2.38. The van der Waals surface area contributed by atoms with Crippen molar-refractivity contribution < 1.29 is 9.18 Å². The zero-order valence-electron chi connectivity index (χ0n) is 17.2. The molecule has 0 saturated carbocycles. The van der Waals surface area contributed by atoms with Crippen LogP contribution in [0.4, 0.5) is 10.1 Å². The van der Waals surface area contributed by atoms with Crippen molar-refractivity contribution >= 4 is 23.4 Å². The van der Waals surface area contributed by atoms with Crippen molar-refractivity contribution in [3.63, 3.8) is 0 Å². The predicted octanol–water partition coefficient (Wildman–Crippen LogP) is 4.79. The van der Waals surface area contributed by atoms with Crippen LogP contribution in [0.5, 0.6) is 0 Å². The molecule has 0 spiro atoms. The molecule has 0 bridgehead atoms. The number of hydrogen-bond acceptors (Lipinski definition) is 5. The summed E-state index contributed by atoms with van der Waals surface area (Å²) in [6.45, 7) is 2.01. The van der Waals surface area contributed by atoms with Gasteiger partial charge in [0.2, 0.25) is 11.1 Å². The van der Waals surface area contributed by atoms with Gasteiger partial charge in [0.05, 0.1) is 11.7 Å². The summed E-state index contributed by atoms with van der Waals surface area (Å²) in [4.78, 5) is 13.3. The summed E-state index contributed by atoms with van der Waals surface area (Å²) in [6, 6.07) is 23.5. The fourth-order valence-corrected chi connectivity index (χ4v) is 4.70. The lowest BCUT2D eigenvalue weighted by molar-refractivity contribution is -0.116. The standard InChI is InChI=1S/C24H20FN5OS/c1-15-11-13-16(14-12-15)20-21(23(31)26-19-10-6-5-9-18(19)25)32-24-28-27-22(30(24)29-20)17-7-3-2-4-8-17/h2-14,20-21,29H,1H3,(H,26,31)/t20-,21-/m1/s1. The first kappa shape index (κ1) is 20.3. The molecular formula is C24H20FN5OS. The molecule has 0 fully saturated rings. The number of aryl methyl sites for hydroxylation is 1. The molecule has 1 aliphatic heterocycles. The Morgan fingerprint density at radius 2 is 1.72 bits per heavy atom. The topological polar surface area (TPSA) is 71.8 Å². The molecule has 6 nitrogen and oxygen atoms in total. The van der Waals surface area contributed by atoms with E-state index in [9.17, 15) is 9.18 Å². The lowest BCUT2D eigenvalue weighted by Crippen LogP contribution is -2.41. The average Bonchev–Trinajstić information content (AvgIpc) is 3.24. The van der Waals surface area contributed by atoms with Gasteiger partial charge in [-0.1, -0.05) is 84.1 Å². The van der Waals surface area contributed by atoms with Gasteiger partial charge >= 0.3 is 0 Å². The van der Waals surface area contributed by atoms with Crippen LogP contribution < -0.4 is 10.7 Å². The van der Waals surface area contributed by atoms with Gasteiger partial charge < -0.3 is 10.7 Å². The second-order valence-electron chi connectivity index (χ2n) is 7.53. The number of carbonyl (C=O) groups is 1. The maximum atomic E-state index is 14.1. The molecule has 0 radical (unpaired) electrons. The highest BCUT2D eigenvalue weighted by molar-refractivity contribution is 8.00. The van der Waals surface area contributed by atoms with Crippen molar-refractivity contribution in [2.24, 2.45) is 0 Å². The van der Waals surface area contributed by atoms with E-state index in [-0.39, 0.29) is 17.6 Å². The number of hydrogen-bond donors (Lipinski definition) is 2. The smallest absolute Gasteiger partial charge is 0.240 e. The number of benzene rings is 3. The van der Waals surface area contributed by atoms with E-state index in [1.165, 1.54) is 17.8 Å². The summed E-state index contributed by atoms with van der Waals surface area (Å²) in [6.07, 6.45) is 0. The van der Waals surface area contributed by atoms with Gasteiger partial charge in [-0.05, 0) is 24.6 Å². The van der Waals surface area contributed by atoms with Crippen LogP contribution in [0, 0.1) is 12.7 Å². The molecule has 2 atom stereocenters. The van der Waals surface area contributed by atoms with Crippen molar-refractivity contribution in [1.82, 2.24) is 14.9 Å². The number of carbonyl (C=O) groups excluding carboxylic acids is 1. The van der Waals surface area contributed by atoms with Crippen LogP contribution in [-0.2, 0) is 4.79 Å². The number of halogens is 1. The average molecular weight is 446 g/mol. The third-order valence-electron chi connectivity index (χ3n) is 5.30. The molecule has 1 amide bonds. The molecule has 1 aliphatic rings. The lowest BCUT2D eigenvalue weighted by Gasteiger charge is -2.33. The molecule has 32 heavy (non-hydrogen) atoms. The Labute approximate surface area is 188 Å². The highest BCUT2D eigenvalue weighted by Crippen LogP contribution is 2.39. The lowest BCUT2D eigenvalue weighted by atomic mass is 10.0. The van der Waals surface area contributed by atoms with Crippen LogP contribution in [0.25, 0.3) is 11.4 Å². The minimum Gasteiger partial charge on any atom is -0.323 e. The number of para-hydroxylation sites is 1. The number of thioether (sulfide) groups is 1. The van der Waals surface area contributed by atoms with Gasteiger partial charge in [-0.3, -0.25) is 4.79 Å². The summed E-state index contributed by atoms with van der Waals surface area (Å²) in [5, 5.41) is 11.3. The quantitative estimate of drug-likeness (QED) is 0.473. The molecule has 0 aliphatic carbocycles. The van der Waals surface area contributed by atoms with Crippen LogP contribution in [0.3, 0.4) is 0 Å². The van der Waals surface area contributed by atoms with Crippen LogP contribution >= 0.6 is 11.8 Å². The summed E-state index contributed by atoms with van der Waals surface area (Å²) in [5.41, 5.74) is 6.56. The molecule has 2 heterocycles. The van der Waals surface area contributed by atoms with E-state index >= 15 is 0 Å². The van der Waals surface area contributed by atoms with E-state index in [0.717, 1.165) is 16.7 Å². The number of nitrogens with zero attached hydrogens (tertiary/aromatic N) is 3. The number of nitrogens with one attached hydrogen (secondary N) is 2. The molecule has 160 valence electrons. The molecule has 3 aromatic carbocycles. The van der Waals surface area contributed by atoms with Gasteiger partial charge in [-0.2, -0.15) is 0 Å². The zero-order valence-corrected chi connectivity index (χ0v) is 18.0. The van der Waals surface area contributed by atoms with Crippen LogP contribution in [-0.4, -0.2) is 26.0 Å². The third-order valence-corrected chi connectivity index (χ3v) is 6.51. The van der Waals surface area contributed by atoms with Gasteiger partial charge in [0, 0.05) is 5.56 Å². The van der Waals surface area contributed by atoms with Crippen LogP contribution in [0.1, 0.15) is 17.2 Å². The predicted molar refractivity (Wildman–Crippen MR) is 123 cm³/mol. The Bertz CT molecular complexity index is 1260. The number of amides is 1. The monoisotopic (exact) mass is 445 g/mol. The van der Waals surface area contributed by atoms with Crippen molar-refractivity contribution in [2.75, 3.05) is 10.7 Å². The molecular weight excluding hydrogens is 425 g/mol. The number of anilines is 1. The first-order valence-electron chi connectivity index (χ1n) is 10.2. The fourth-order valence-electron chi connectivity index (χ4n) is 3.62. The van der Waals surface area contributed by atoms with E-state index in [2.05, 4.69) is 20.9 Å². The Morgan fingerprint density at radius 3 is 2.47 bits per heavy atom. The minimum absolute atomic E-state index is 0.151. The Balaban J connectivity index is 1.52. The molecule has 5 rings (SSSR count). The van der Waals surface area contributed by atoms with Gasteiger partial charge in [-0.25, -0.2) is 9.07 Å². The number of rotatable bonds is 4. The van der Waals surface area contributed by atoms with E-state index < -0.39 is 11.1 Å². The van der Waals surface area contributed by atoms with Crippen molar-refractivity contribution in [3.05, 3.63) is 95.8 Å². The number of aromatic nitrogens is 3. The summed E-state index contributed by atoms with van der Waals surface area (Å²) in [7, 11) is 0. The minimum atomic E-state index is -0.586. The van der Waals surface area contributed by atoms with Crippen molar-refractivity contribution in [3.8, 4) is 11.4 Å². The first-order chi connectivity index (χ1) is 15.6. The Morgan fingerprint density at radius 1 is 1.00 bits per heavy atom. The molecule has 1 aromatic heterocycles. The molecule has 2 N–H and O–H groups in total. The van der Waals surface area contributed by atoms with Crippen LogP contribution in [0.2, 0.25) is 0 Å². The second-order valence-corrected chi connectivity index (χ2v) is 8.64. The summed E-state index contributed by atoms with van der Waals surface area (Å²) < 4.78 is 16.0. The maximum absolute atomic E-state index is 14.1. The summed E-state index contributed by atoms with van der Waals surface area (Å²) in [5.74, 6) is -0.122. The van der Waals surface area contributed by atoms with Crippen molar-refractivity contribution in [2.45, 2.75) is 23.4 Å². The Kier molecular flexibility index (Phi) is 5.36. The maximum Gasteiger partial charge on any atom is 0.240 e. The first-order valence-corrected chi connectivity index (χ1v) is 11.0. The van der Waals surface area contributed by atoms with E-state index in [4.69, 9.17) is 0 Å². The third kappa shape index (κ3) is 3.85. The molecule has 0 saturated heterocycles. The largest absolute Gasteiger partial charge is 0.323 e. The van der Waals surface area contributed by atoms with E-state index in [1.807, 2.05) is 66.2 Å². The SMILES string of the molecule is Cc1ccc([C@H]2Nn3c(nnc3-c3ccccc3)S[C@H]2C(=O)Nc2ccccc2F)cc1. The van der Waals surface area contributed by atoms with E-state index in [0.29, 0.717) is 11.0 Å². The fraction of sp³-hybridized carbons (Fsp3) is 0.125. The van der Waals surface area contributed by atoms with Gasteiger partial charge in [0.25, 0.3) is 0 Å². The molecule has 0 unspecified atom stereocenters. The van der Waals surface area contributed by atoms with Gasteiger partial charge in [0.1, 0.15) is 11.1 Å². The molecule has 4 aromatic rings. The second kappa shape index (κ2) is 8.47. The van der Waals surface area contributed by atoms with Gasteiger partial charge in [-0.15, -0.1) is 10.2 Å². The number of fused-ring (bicyclic) bond motifs is 1. The van der Waals surface area contributed by atoms with Crippen molar-refractivity contribution in [1.29, 1.82) is 0 Å². The zero-order chi connectivity index (χ0) is 22.1.